The summed E-state index contributed by atoms with van der Waals surface area (Å²) in [7, 11) is -2.48. The van der Waals surface area contributed by atoms with Crippen molar-refractivity contribution in [1.29, 1.82) is 0 Å². The molecule has 7 heteroatoms. The van der Waals surface area contributed by atoms with Gasteiger partial charge in [-0.15, -0.1) is 0 Å². The van der Waals surface area contributed by atoms with Gasteiger partial charge in [0, 0.05) is 27.8 Å². The Bertz CT molecular complexity index is 2190. The zero-order valence-corrected chi connectivity index (χ0v) is 28.4. The molecule has 0 atom stereocenters. The van der Waals surface area contributed by atoms with Crippen LogP contribution in [0.2, 0.25) is 6.55 Å². The number of hydrogen-bond donors (Lipinski definition) is 0. The Balaban J connectivity index is 1.13. The van der Waals surface area contributed by atoms with E-state index in [0.29, 0.717) is 11.8 Å². The Hall–Kier alpha value is -6.05. The minimum Gasteiger partial charge on any atom is -0.444 e. The molecule has 0 saturated carbocycles. The van der Waals surface area contributed by atoms with Crippen LogP contribution in [0.25, 0.3) is 56.9 Å². The van der Waals surface area contributed by atoms with Crippen molar-refractivity contribution in [3.8, 4) is 56.9 Å². The highest BCUT2D eigenvalue weighted by atomic mass is 28.3. The van der Waals surface area contributed by atoms with Crippen LogP contribution < -0.4 is 15.6 Å². The van der Waals surface area contributed by atoms with Crippen LogP contribution in [0.15, 0.2) is 160 Å². The first-order valence-corrected chi connectivity index (χ1v) is 18.7. The predicted octanol–water partition coefficient (Wildman–Crippen LogP) is 8.70. The molecule has 0 spiro atoms. The molecule has 0 amide bonds. The van der Waals surface area contributed by atoms with E-state index in [0.717, 1.165) is 45.1 Å². The molecule has 238 valence electrons. The lowest BCUT2D eigenvalue weighted by molar-refractivity contribution is 0.572. The summed E-state index contributed by atoms with van der Waals surface area (Å²) in [5.41, 5.74) is 7.28. The third-order valence-electron chi connectivity index (χ3n) is 9.28. The van der Waals surface area contributed by atoms with Gasteiger partial charge >= 0.3 is 0 Å². The molecule has 0 unspecified atom stereocenters. The second-order valence-electron chi connectivity index (χ2n) is 12.5. The van der Waals surface area contributed by atoms with Crippen molar-refractivity contribution in [3.05, 3.63) is 157 Å². The molecule has 5 aromatic carbocycles. The summed E-state index contributed by atoms with van der Waals surface area (Å²) >= 11 is 0. The van der Waals surface area contributed by atoms with Gasteiger partial charge in [0.05, 0.1) is 18.6 Å². The van der Waals surface area contributed by atoms with Crippen LogP contribution >= 0.6 is 0 Å². The number of aryl methyl sites for hydroxylation is 2. The highest BCUT2D eigenvalue weighted by molar-refractivity contribution is 7.10. The first-order valence-electron chi connectivity index (χ1n) is 16.2. The molecule has 0 aliphatic carbocycles. The van der Waals surface area contributed by atoms with Gasteiger partial charge in [0.2, 0.25) is 11.8 Å². The fourth-order valence-corrected chi connectivity index (χ4v) is 9.74. The van der Waals surface area contributed by atoms with Gasteiger partial charge in [0.25, 0.3) is 0 Å². The Morgan fingerprint density at radius 1 is 0.429 bits per heavy atom. The summed E-state index contributed by atoms with van der Waals surface area (Å²) < 4.78 is 18.0. The first kappa shape index (κ1) is 30.3. The standard InChI is InChI=1S/C42H33N3O3Si/c1-28-4-8-33(9-5-28)41-44-25-39(47-41)31-14-20-36(21-15-31)49(3,35-18-12-30(13-19-35)38-24-43-27-46-38)37-22-16-32(17-23-37)40-26-45-42(48-40)34-10-6-29(2)7-11-34/h4-27H,1-3H3. The van der Waals surface area contributed by atoms with Gasteiger partial charge in [0.15, 0.2) is 23.7 Å². The maximum Gasteiger partial charge on any atom is 0.226 e. The van der Waals surface area contributed by atoms with Gasteiger partial charge in [0.1, 0.15) is 8.07 Å². The molecule has 3 heterocycles. The molecule has 0 aliphatic rings. The third kappa shape index (κ3) is 5.85. The van der Waals surface area contributed by atoms with E-state index < -0.39 is 8.07 Å². The van der Waals surface area contributed by atoms with Gasteiger partial charge in [-0.05, 0) is 53.7 Å². The number of aromatic nitrogens is 3. The maximum atomic E-state index is 6.20. The predicted molar refractivity (Wildman–Crippen MR) is 197 cm³/mol. The van der Waals surface area contributed by atoms with Crippen molar-refractivity contribution in [2.45, 2.75) is 20.4 Å². The van der Waals surface area contributed by atoms with Gasteiger partial charge in [-0.1, -0.05) is 115 Å². The molecule has 0 N–H and O–H groups in total. The number of hydrogen-bond acceptors (Lipinski definition) is 6. The van der Waals surface area contributed by atoms with Crippen molar-refractivity contribution in [2.24, 2.45) is 0 Å². The van der Waals surface area contributed by atoms with E-state index in [2.05, 4.69) is 132 Å². The van der Waals surface area contributed by atoms with Crippen LogP contribution in [0.1, 0.15) is 11.1 Å². The average molecular weight is 656 g/mol. The van der Waals surface area contributed by atoms with Crippen molar-refractivity contribution >= 4 is 23.6 Å². The van der Waals surface area contributed by atoms with Crippen molar-refractivity contribution in [1.82, 2.24) is 15.0 Å². The molecule has 8 rings (SSSR count). The van der Waals surface area contributed by atoms with Gasteiger partial charge < -0.3 is 13.3 Å². The summed E-state index contributed by atoms with van der Waals surface area (Å²) in [5, 5.41) is 3.82. The quantitative estimate of drug-likeness (QED) is 0.120. The summed E-state index contributed by atoms with van der Waals surface area (Å²) in [4.78, 5) is 13.2. The number of benzene rings is 5. The topological polar surface area (TPSA) is 78.1 Å². The minimum absolute atomic E-state index is 0.614. The Labute approximate surface area is 285 Å². The molecule has 49 heavy (non-hydrogen) atoms. The van der Waals surface area contributed by atoms with Crippen LogP contribution in [-0.4, -0.2) is 23.0 Å². The summed E-state index contributed by atoms with van der Waals surface area (Å²) in [6.07, 6.45) is 6.80. The lowest BCUT2D eigenvalue weighted by Gasteiger charge is -2.30. The van der Waals surface area contributed by atoms with E-state index in [1.807, 2.05) is 24.3 Å². The maximum absolute atomic E-state index is 6.20. The second kappa shape index (κ2) is 12.5. The molecule has 0 saturated heterocycles. The Kier molecular flexibility index (Phi) is 7.74. The fourth-order valence-electron chi connectivity index (χ4n) is 6.24. The van der Waals surface area contributed by atoms with Gasteiger partial charge in [-0.25, -0.2) is 15.0 Å². The van der Waals surface area contributed by atoms with Gasteiger partial charge in [-0.2, -0.15) is 0 Å². The smallest absolute Gasteiger partial charge is 0.226 e. The minimum atomic E-state index is -2.48. The SMILES string of the molecule is Cc1ccc(-c2ncc(-c3ccc([Si](C)(c4ccc(-c5cnco5)cc4)c4ccc(-c5cnc(-c6ccc(C)cc6)o5)cc4)cc3)o2)cc1. The number of nitrogens with zero attached hydrogens (tertiary/aromatic N) is 3. The number of rotatable bonds is 8. The van der Waals surface area contributed by atoms with Crippen molar-refractivity contribution < 1.29 is 13.3 Å². The van der Waals surface area contributed by atoms with E-state index in [1.165, 1.54) is 33.1 Å². The zero-order chi connectivity index (χ0) is 33.4. The van der Waals surface area contributed by atoms with E-state index in [-0.39, 0.29) is 0 Å². The molecule has 0 bridgehead atoms. The van der Waals surface area contributed by atoms with Crippen LogP contribution in [0.4, 0.5) is 0 Å². The normalized spacial score (nSPS) is 11.6. The lowest BCUT2D eigenvalue weighted by atomic mass is 10.1. The Morgan fingerprint density at radius 3 is 1.16 bits per heavy atom. The summed E-state index contributed by atoms with van der Waals surface area (Å²) in [5.74, 6) is 3.45. The van der Waals surface area contributed by atoms with E-state index >= 15 is 0 Å². The first-order chi connectivity index (χ1) is 23.9. The molecule has 6 nitrogen and oxygen atoms in total. The molecule has 3 aromatic heterocycles. The van der Waals surface area contributed by atoms with Crippen molar-refractivity contribution in [3.63, 3.8) is 0 Å². The molecule has 0 fully saturated rings. The van der Waals surface area contributed by atoms with Crippen LogP contribution in [0.3, 0.4) is 0 Å². The molecular weight excluding hydrogens is 623 g/mol. The monoisotopic (exact) mass is 655 g/mol. The van der Waals surface area contributed by atoms with Crippen LogP contribution in [0, 0.1) is 13.8 Å². The fraction of sp³-hybridized carbons (Fsp3) is 0.0714. The van der Waals surface area contributed by atoms with Crippen molar-refractivity contribution in [2.75, 3.05) is 0 Å². The largest absolute Gasteiger partial charge is 0.444 e. The van der Waals surface area contributed by atoms with E-state index in [1.54, 1.807) is 18.6 Å². The second-order valence-corrected chi connectivity index (χ2v) is 16.5. The van der Waals surface area contributed by atoms with E-state index in [4.69, 9.17) is 13.3 Å². The molecule has 0 aliphatic heterocycles. The molecular formula is C42H33N3O3Si. The third-order valence-corrected chi connectivity index (χ3v) is 13.7. The van der Waals surface area contributed by atoms with E-state index in [9.17, 15) is 0 Å². The lowest BCUT2D eigenvalue weighted by Crippen LogP contribution is -2.64. The number of oxazole rings is 3. The highest BCUT2D eigenvalue weighted by Gasteiger charge is 2.34. The molecule has 0 radical (unpaired) electrons. The van der Waals surface area contributed by atoms with Crippen LogP contribution in [-0.2, 0) is 0 Å². The molecule has 8 aromatic rings. The summed E-state index contributed by atoms with van der Waals surface area (Å²) in [6.45, 7) is 6.54. The Morgan fingerprint density at radius 2 is 0.796 bits per heavy atom. The van der Waals surface area contributed by atoms with Crippen LogP contribution in [0.5, 0.6) is 0 Å². The highest BCUT2D eigenvalue weighted by Crippen LogP contribution is 2.28. The zero-order valence-electron chi connectivity index (χ0n) is 27.4. The van der Waals surface area contributed by atoms with Gasteiger partial charge in [-0.3, -0.25) is 0 Å². The average Bonchev–Trinajstić information content (AvgIpc) is 3.96. The summed E-state index contributed by atoms with van der Waals surface area (Å²) in [6, 6.07) is 42.6.